The van der Waals surface area contributed by atoms with Gasteiger partial charge < -0.3 is 9.47 Å². The van der Waals surface area contributed by atoms with Gasteiger partial charge in [0.15, 0.2) is 0 Å². The molecule has 0 saturated carbocycles. The van der Waals surface area contributed by atoms with Crippen LogP contribution in [-0.2, 0) is 11.2 Å². The van der Waals surface area contributed by atoms with Crippen molar-refractivity contribution in [3.05, 3.63) is 29.3 Å². The first-order valence-electron chi connectivity index (χ1n) is 4.54. The molecule has 0 aromatic heterocycles. The first-order valence-corrected chi connectivity index (χ1v) is 5.66. The molecule has 0 aliphatic rings. The molecule has 0 radical (unpaired) electrons. The minimum absolute atomic E-state index is 0.378. The van der Waals surface area contributed by atoms with Crippen LogP contribution in [-0.4, -0.2) is 25.5 Å². The van der Waals surface area contributed by atoms with Crippen molar-refractivity contribution >= 4 is 21.9 Å². The molecule has 4 heteroatoms. The van der Waals surface area contributed by atoms with Gasteiger partial charge in [0, 0.05) is 5.33 Å². The van der Waals surface area contributed by atoms with E-state index in [0.29, 0.717) is 11.3 Å². The summed E-state index contributed by atoms with van der Waals surface area (Å²) in [6.45, 7) is 0. The molecule has 0 unspecified atom stereocenters. The molecule has 0 amide bonds. The van der Waals surface area contributed by atoms with E-state index >= 15 is 0 Å². The fourth-order valence-electron chi connectivity index (χ4n) is 1.28. The Morgan fingerprint density at radius 3 is 2.67 bits per heavy atom. The lowest BCUT2D eigenvalue weighted by Gasteiger charge is -2.08. The van der Waals surface area contributed by atoms with Gasteiger partial charge in [0.1, 0.15) is 11.3 Å². The predicted molar refractivity (Wildman–Crippen MR) is 61.8 cm³/mol. The van der Waals surface area contributed by atoms with E-state index in [1.165, 1.54) is 7.11 Å². The highest BCUT2D eigenvalue weighted by atomic mass is 79.9. The van der Waals surface area contributed by atoms with Crippen LogP contribution in [0.5, 0.6) is 5.75 Å². The monoisotopic (exact) mass is 272 g/mol. The van der Waals surface area contributed by atoms with E-state index in [4.69, 9.17) is 4.74 Å². The van der Waals surface area contributed by atoms with Crippen LogP contribution in [0.4, 0.5) is 0 Å². The molecule has 0 spiro atoms. The first-order chi connectivity index (χ1) is 7.22. The zero-order valence-corrected chi connectivity index (χ0v) is 10.3. The van der Waals surface area contributed by atoms with Crippen molar-refractivity contribution in [1.82, 2.24) is 0 Å². The van der Waals surface area contributed by atoms with Crippen LogP contribution in [0, 0.1) is 0 Å². The molecular formula is C11H13BrO3. The number of methoxy groups -OCH3 is 2. The number of halogens is 1. The molecule has 0 fully saturated rings. The number of alkyl halides is 1. The van der Waals surface area contributed by atoms with E-state index < -0.39 is 0 Å². The van der Waals surface area contributed by atoms with Gasteiger partial charge in [-0.2, -0.15) is 0 Å². The molecular weight excluding hydrogens is 260 g/mol. The number of carbonyl (C=O) groups excluding carboxylic acids is 1. The van der Waals surface area contributed by atoms with Gasteiger partial charge in [0.2, 0.25) is 0 Å². The normalized spacial score (nSPS) is 9.80. The van der Waals surface area contributed by atoms with Gasteiger partial charge in [-0.15, -0.1) is 0 Å². The molecule has 0 heterocycles. The maximum Gasteiger partial charge on any atom is 0.341 e. The summed E-state index contributed by atoms with van der Waals surface area (Å²) in [5.74, 6) is 0.178. The fraction of sp³-hybridized carbons (Fsp3) is 0.364. The van der Waals surface area contributed by atoms with Crippen LogP contribution in [0.1, 0.15) is 15.9 Å². The second-order valence-electron chi connectivity index (χ2n) is 2.97. The zero-order chi connectivity index (χ0) is 11.3. The van der Waals surface area contributed by atoms with Crippen LogP contribution >= 0.6 is 15.9 Å². The van der Waals surface area contributed by atoms with Gasteiger partial charge >= 0.3 is 5.97 Å². The van der Waals surface area contributed by atoms with Crippen molar-refractivity contribution in [3.63, 3.8) is 0 Å². The van der Waals surface area contributed by atoms with Crippen molar-refractivity contribution in [2.75, 3.05) is 19.5 Å². The minimum atomic E-state index is -0.378. The number of esters is 1. The van der Waals surface area contributed by atoms with Gasteiger partial charge in [-0.25, -0.2) is 4.79 Å². The topological polar surface area (TPSA) is 35.5 Å². The lowest BCUT2D eigenvalue weighted by Crippen LogP contribution is -2.04. The van der Waals surface area contributed by atoms with Gasteiger partial charge in [-0.3, -0.25) is 0 Å². The van der Waals surface area contributed by atoms with Crippen molar-refractivity contribution in [1.29, 1.82) is 0 Å². The quantitative estimate of drug-likeness (QED) is 0.624. The molecule has 82 valence electrons. The molecule has 1 rings (SSSR count). The summed E-state index contributed by atoms with van der Waals surface area (Å²) in [7, 11) is 2.90. The van der Waals surface area contributed by atoms with Gasteiger partial charge in [-0.05, 0) is 24.1 Å². The maximum absolute atomic E-state index is 11.4. The van der Waals surface area contributed by atoms with E-state index in [-0.39, 0.29) is 5.97 Å². The second kappa shape index (κ2) is 5.75. The van der Waals surface area contributed by atoms with Crippen LogP contribution in [0.15, 0.2) is 18.2 Å². The standard InChI is InChI=1S/C11H13BrO3/c1-14-10-7-8(5-6-12)3-4-9(10)11(13)15-2/h3-4,7H,5-6H2,1-2H3. The average molecular weight is 273 g/mol. The number of hydrogen-bond acceptors (Lipinski definition) is 3. The Bertz CT molecular complexity index is 350. The third-order valence-corrected chi connectivity index (χ3v) is 2.45. The predicted octanol–water partition coefficient (Wildman–Crippen LogP) is 2.42. The van der Waals surface area contributed by atoms with E-state index in [0.717, 1.165) is 17.3 Å². The lowest BCUT2D eigenvalue weighted by atomic mass is 10.1. The van der Waals surface area contributed by atoms with Crippen LogP contribution < -0.4 is 4.74 Å². The Kier molecular flexibility index (Phi) is 4.62. The van der Waals surface area contributed by atoms with Gasteiger partial charge in [0.25, 0.3) is 0 Å². The molecule has 1 aromatic rings. The third-order valence-electron chi connectivity index (χ3n) is 2.05. The summed E-state index contributed by atoms with van der Waals surface area (Å²) in [5, 5.41) is 0.883. The molecule has 0 N–H and O–H groups in total. The third kappa shape index (κ3) is 2.96. The zero-order valence-electron chi connectivity index (χ0n) is 8.75. The number of ether oxygens (including phenoxy) is 2. The van der Waals surface area contributed by atoms with Crippen molar-refractivity contribution in [2.45, 2.75) is 6.42 Å². The van der Waals surface area contributed by atoms with Crippen molar-refractivity contribution < 1.29 is 14.3 Å². The Morgan fingerprint density at radius 1 is 1.40 bits per heavy atom. The Morgan fingerprint density at radius 2 is 2.13 bits per heavy atom. The molecule has 0 saturated heterocycles. The van der Waals surface area contributed by atoms with E-state index in [1.807, 2.05) is 12.1 Å². The highest BCUT2D eigenvalue weighted by Gasteiger charge is 2.12. The minimum Gasteiger partial charge on any atom is -0.496 e. The Hall–Kier alpha value is -1.03. The molecule has 3 nitrogen and oxygen atoms in total. The molecule has 0 aliphatic carbocycles. The smallest absolute Gasteiger partial charge is 0.341 e. The number of carbonyl (C=O) groups is 1. The highest BCUT2D eigenvalue weighted by Crippen LogP contribution is 2.21. The Labute approximate surface area is 97.5 Å². The second-order valence-corrected chi connectivity index (χ2v) is 3.76. The summed E-state index contributed by atoms with van der Waals surface area (Å²) in [6, 6.07) is 5.48. The van der Waals surface area contributed by atoms with Crippen LogP contribution in [0.3, 0.4) is 0 Å². The van der Waals surface area contributed by atoms with Crippen molar-refractivity contribution in [2.24, 2.45) is 0 Å². The van der Waals surface area contributed by atoms with Crippen molar-refractivity contribution in [3.8, 4) is 5.75 Å². The maximum atomic E-state index is 11.4. The van der Waals surface area contributed by atoms with Crippen LogP contribution in [0.25, 0.3) is 0 Å². The van der Waals surface area contributed by atoms with E-state index in [1.54, 1.807) is 13.2 Å². The number of hydrogen-bond donors (Lipinski definition) is 0. The summed E-state index contributed by atoms with van der Waals surface area (Å²) in [4.78, 5) is 11.4. The highest BCUT2D eigenvalue weighted by molar-refractivity contribution is 9.09. The molecule has 0 bridgehead atoms. The number of rotatable bonds is 4. The number of aryl methyl sites for hydroxylation is 1. The lowest BCUT2D eigenvalue weighted by molar-refractivity contribution is 0.0597. The summed E-state index contributed by atoms with van der Waals surface area (Å²) in [6.07, 6.45) is 0.901. The summed E-state index contributed by atoms with van der Waals surface area (Å²) >= 11 is 3.36. The van der Waals surface area contributed by atoms with E-state index in [2.05, 4.69) is 20.7 Å². The summed E-state index contributed by atoms with van der Waals surface area (Å²) < 4.78 is 9.79. The SMILES string of the molecule is COC(=O)c1ccc(CCBr)cc1OC. The molecule has 15 heavy (non-hydrogen) atoms. The average Bonchev–Trinajstić information content (AvgIpc) is 2.28. The Balaban J connectivity index is 3.03. The molecule has 0 atom stereocenters. The van der Waals surface area contributed by atoms with E-state index in [9.17, 15) is 4.79 Å². The number of benzene rings is 1. The molecule has 1 aromatic carbocycles. The summed E-state index contributed by atoms with van der Waals surface area (Å²) in [5.41, 5.74) is 1.58. The first kappa shape index (κ1) is 12.0. The molecule has 0 aliphatic heterocycles. The fourth-order valence-corrected chi connectivity index (χ4v) is 1.74. The van der Waals surface area contributed by atoms with Gasteiger partial charge in [-0.1, -0.05) is 22.0 Å². The van der Waals surface area contributed by atoms with Crippen LogP contribution in [0.2, 0.25) is 0 Å². The largest absolute Gasteiger partial charge is 0.496 e. The van der Waals surface area contributed by atoms with Gasteiger partial charge in [0.05, 0.1) is 14.2 Å².